The molecular weight excluding hydrogens is 292 g/mol. The number of benzene rings is 2. The van der Waals surface area contributed by atoms with Gasteiger partial charge in [0, 0.05) is 0 Å². The zero-order valence-corrected chi connectivity index (χ0v) is 14.0. The Morgan fingerprint density at radius 1 is 1.00 bits per heavy atom. The summed E-state index contributed by atoms with van der Waals surface area (Å²) in [6, 6.07) is 11.4. The van der Waals surface area contributed by atoms with Crippen molar-refractivity contribution in [2.24, 2.45) is 0 Å². The van der Waals surface area contributed by atoms with Gasteiger partial charge in [0.15, 0.2) is 11.5 Å². The Labute approximate surface area is 137 Å². The van der Waals surface area contributed by atoms with Crippen LogP contribution < -0.4 is 14.2 Å². The van der Waals surface area contributed by atoms with Gasteiger partial charge in [-0.2, -0.15) is 0 Å². The normalized spacial score (nSPS) is 10.3. The van der Waals surface area contributed by atoms with Gasteiger partial charge in [-0.25, -0.2) is 0 Å². The fourth-order valence-corrected chi connectivity index (χ4v) is 2.56. The van der Waals surface area contributed by atoms with Crippen LogP contribution in [-0.4, -0.2) is 20.2 Å². The number of aryl methyl sites for hydroxylation is 3. The zero-order valence-electron chi connectivity index (χ0n) is 14.0. The smallest absolute Gasteiger partial charge is 0.311 e. The Kier molecular flexibility index (Phi) is 5.63. The lowest BCUT2D eigenvalue weighted by atomic mass is 10.1. The molecule has 2 rings (SSSR count). The van der Waals surface area contributed by atoms with E-state index in [9.17, 15) is 4.79 Å². The molecule has 0 N–H and O–H groups in total. The van der Waals surface area contributed by atoms with Gasteiger partial charge in [-0.3, -0.25) is 4.79 Å². The lowest BCUT2D eigenvalue weighted by Gasteiger charge is -2.12. The van der Waals surface area contributed by atoms with Crippen LogP contribution in [0.3, 0.4) is 0 Å². The van der Waals surface area contributed by atoms with Crippen LogP contribution in [0.25, 0.3) is 0 Å². The SMILES string of the molecule is COc1cccc(CCC(=O)Oc2cc(C)cc(C)c2)c1OC. The fraction of sp³-hybridized carbons (Fsp3) is 0.316. The average molecular weight is 314 g/mol. The summed E-state index contributed by atoms with van der Waals surface area (Å²) in [7, 11) is 3.19. The predicted octanol–water partition coefficient (Wildman–Crippen LogP) is 3.86. The van der Waals surface area contributed by atoms with E-state index < -0.39 is 0 Å². The second-order valence-electron chi connectivity index (χ2n) is 5.45. The molecule has 0 spiro atoms. The van der Waals surface area contributed by atoms with Crippen molar-refractivity contribution in [3.63, 3.8) is 0 Å². The lowest BCUT2D eigenvalue weighted by Crippen LogP contribution is -2.10. The Morgan fingerprint density at radius 2 is 1.70 bits per heavy atom. The van der Waals surface area contributed by atoms with Crippen LogP contribution in [-0.2, 0) is 11.2 Å². The van der Waals surface area contributed by atoms with Crippen molar-refractivity contribution in [1.29, 1.82) is 0 Å². The Morgan fingerprint density at radius 3 is 2.30 bits per heavy atom. The molecule has 122 valence electrons. The van der Waals surface area contributed by atoms with Gasteiger partial charge in [0.2, 0.25) is 0 Å². The summed E-state index contributed by atoms with van der Waals surface area (Å²) in [5.41, 5.74) is 3.06. The first-order valence-corrected chi connectivity index (χ1v) is 7.52. The molecule has 0 aliphatic carbocycles. The van der Waals surface area contributed by atoms with Crippen molar-refractivity contribution >= 4 is 5.97 Å². The van der Waals surface area contributed by atoms with Crippen molar-refractivity contribution in [3.8, 4) is 17.2 Å². The van der Waals surface area contributed by atoms with E-state index in [-0.39, 0.29) is 12.4 Å². The van der Waals surface area contributed by atoms with Crippen molar-refractivity contribution < 1.29 is 19.0 Å². The molecule has 0 unspecified atom stereocenters. The average Bonchev–Trinajstić information content (AvgIpc) is 2.51. The van der Waals surface area contributed by atoms with E-state index in [1.54, 1.807) is 14.2 Å². The first kappa shape index (κ1) is 16.9. The number of carbonyl (C=O) groups excluding carboxylic acids is 1. The van der Waals surface area contributed by atoms with Crippen LogP contribution in [0.2, 0.25) is 0 Å². The molecule has 0 bridgehead atoms. The van der Waals surface area contributed by atoms with Crippen molar-refractivity contribution in [1.82, 2.24) is 0 Å². The highest BCUT2D eigenvalue weighted by atomic mass is 16.5. The van der Waals surface area contributed by atoms with E-state index in [0.29, 0.717) is 23.7 Å². The molecule has 2 aromatic carbocycles. The van der Waals surface area contributed by atoms with Crippen molar-refractivity contribution in [3.05, 3.63) is 53.1 Å². The van der Waals surface area contributed by atoms with Gasteiger partial charge in [-0.1, -0.05) is 18.2 Å². The summed E-state index contributed by atoms with van der Waals surface area (Å²) in [4.78, 5) is 12.1. The second-order valence-corrected chi connectivity index (χ2v) is 5.45. The molecule has 23 heavy (non-hydrogen) atoms. The van der Waals surface area contributed by atoms with Crippen LogP contribution in [0.1, 0.15) is 23.1 Å². The highest BCUT2D eigenvalue weighted by molar-refractivity contribution is 5.73. The highest BCUT2D eigenvalue weighted by Gasteiger charge is 2.12. The predicted molar refractivity (Wildman–Crippen MR) is 89.4 cm³/mol. The second kappa shape index (κ2) is 7.68. The molecule has 0 amide bonds. The van der Waals surface area contributed by atoms with E-state index >= 15 is 0 Å². The van der Waals surface area contributed by atoms with Crippen LogP contribution in [0.4, 0.5) is 0 Å². The quantitative estimate of drug-likeness (QED) is 0.600. The third-order valence-electron chi connectivity index (χ3n) is 3.51. The summed E-state index contributed by atoms with van der Waals surface area (Å²) in [6.07, 6.45) is 0.806. The number of ether oxygens (including phenoxy) is 3. The maximum Gasteiger partial charge on any atom is 0.311 e. The fourth-order valence-electron chi connectivity index (χ4n) is 2.56. The van der Waals surface area contributed by atoms with E-state index in [0.717, 1.165) is 16.7 Å². The number of rotatable bonds is 6. The standard InChI is InChI=1S/C19H22O4/c1-13-10-14(2)12-16(11-13)23-18(20)9-8-15-6-5-7-17(21-3)19(15)22-4/h5-7,10-12H,8-9H2,1-4H3. The molecule has 0 saturated heterocycles. The lowest BCUT2D eigenvalue weighted by molar-refractivity contribution is -0.134. The maximum absolute atomic E-state index is 12.1. The minimum Gasteiger partial charge on any atom is -0.493 e. The molecule has 0 aliphatic rings. The highest BCUT2D eigenvalue weighted by Crippen LogP contribution is 2.31. The third kappa shape index (κ3) is 4.49. The molecule has 0 aliphatic heterocycles. The monoisotopic (exact) mass is 314 g/mol. The van der Waals surface area contributed by atoms with Gasteiger partial charge in [0.05, 0.1) is 20.6 Å². The summed E-state index contributed by atoms with van der Waals surface area (Å²) in [6.45, 7) is 3.96. The molecule has 0 aromatic heterocycles. The van der Waals surface area contributed by atoms with Gasteiger partial charge in [0.25, 0.3) is 0 Å². The number of carbonyl (C=O) groups is 1. The van der Waals surface area contributed by atoms with Crippen LogP contribution in [0.5, 0.6) is 17.2 Å². The molecule has 0 fully saturated rings. The summed E-state index contributed by atoms with van der Waals surface area (Å²) >= 11 is 0. The number of methoxy groups -OCH3 is 2. The topological polar surface area (TPSA) is 44.8 Å². The molecule has 0 radical (unpaired) electrons. The number of hydrogen-bond acceptors (Lipinski definition) is 4. The molecule has 4 nitrogen and oxygen atoms in total. The minimum absolute atomic E-state index is 0.264. The number of esters is 1. The molecule has 4 heteroatoms. The molecule has 0 heterocycles. The minimum atomic E-state index is -0.264. The summed E-state index contributed by atoms with van der Waals surface area (Å²) in [5.74, 6) is 1.65. The van der Waals surface area contributed by atoms with E-state index in [4.69, 9.17) is 14.2 Å². The summed E-state index contributed by atoms with van der Waals surface area (Å²) < 4.78 is 16.1. The van der Waals surface area contributed by atoms with E-state index in [2.05, 4.69) is 0 Å². The van der Waals surface area contributed by atoms with E-state index in [1.165, 1.54) is 0 Å². The first-order chi connectivity index (χ1) is 11.0. The Balaban J connectivity index is 2.02. The van der Waals surface area contributed by atoms with Gasteiger partial charge >= 0.3 is 5.97 Å². The zero-order chi connectivity index (χ0) is 16.8. The molecular formula is C19H22O4. The molecule has 0 saturated carbocycles. The maximum atomic E-state index is 12.1. The molecule has 0 atom stereocenters. The van der Waals surface area contributed by atoms with E-state index in [1.807, 2.05) is 50.2 Å². The number of para-hydroxylation sites is 1. The van der Waals surface area contributed by atoms with Crippen molar-refractivity contribution in [2.45, 2.75) is 26.7 Å². The Bertz CT molecular complexity index is 672. The van der Waals surface area contributed by atoms with Crippen LogP contribution >= 0.6 is 0 Å². The Hall–Kier alpha value is -2.49. The van der Waals surface area contributed by atoms with Crippen LogP contribution in [0.15, 0.2) is 36.4 Å². The third-order valence-corrected chi connectivity index (χ3v) is 3.51. The van der Waals surface area contributed by atoms with Gasteiger partial charge in [-0.15, -0.1) is 0 Å². The van der Waals surface area contributed by atoms with Crippen LogP contribution in [0, 0.1) is 13.8 Å². The van der Waals surface area contributed by atoms with Gasteiger partial charge in [0.1, 0.15) is 5.75 Å². The number of hydrogen-bond donors (Lipinski definition) is 0. The van der Waals surface area contributed by atoms with Gasteiger partial charge in [-0.05, 0) is 55.2 Å². The largest absolute Gasteiger partial charge is 0.493 e. The first-order valence-electron chi connectivity index (χ1n) is 7.52. The van der Waals surface area contributed by atoms with Gasteiger partial charge < -0.3 is 14.2 Å². The summed E-state index contributed by atoms with van der Waals surface area (Å²) in [5, 5.41) is 0. The molecule has 2 aromatic rings. The van der Waals surface area contributed by atoms with Crippen molar-refractivity contribution in [2.75, 3.05) is 14.2 Å².